The van der Waals surface area contributed by atoms with Gasteiger partial charge in [0.25, 0.3) is 5.91 Å². The van der Waals surface area contributed by atoms with E-state index in [1.165, 1.54) is 12.8 Å². The number of hydrogen-bond acceptors (Lipinski definition) is 3. The topological polar surface area (TPSA) is 45.5 Å². The summed E-state index contributed by atoms with van der Waals surface area (Å²) in [6.45, 7) is 2.01. The van der Waals surface area contributed by atoms with E-state index in [1.54, 1.807) is 30.3 Å². The molecular formula is C21H18Cl2N2O2. The number of amides is 1. The summed E-state index contributed by atoms with van der Waals surface area (Å²) < 4.78 is 5.74. The molecule has 1 fully saturated rings. The fourth-order valence-corrected chi connectivity index (χ4v) is 3.67. The quantitative estimate of drug-likeness (QED) is 0.574. The average Bonchev–Trinajstić information content (AvgIpc) is 3.36. The molecule has 0 spiro atoms. The van der Waals surface area contributed by atoms with E-state index in [9.17, 15) is 4.79 Å². The third-order valence-corrected chi connectivity index (χ3v) is 5.19. The van der Waals surface area contributed by atoms with Crippen LogP contribution in [0.5, 0.6) is 0 Å². The Labute approximate surface area is 167 Å². The van der Waals surface area contributed by atoms with Crippen molar-refractivity contribution in [2.75, 3.05) is 23.3 Å². The van der Waals surface area contributed by atoms with Gasteiger partial charge in [-0.1, -0.05) is 35.3 Å². The predicted octanol–water partition coefficient (Wildman–Crippen LogP) is 6.11. The standard InChI is InChI=1S/C21H18Cl2N2O2/c22-14-7-8-16(23)15(13-14)19-9-10-20(27-19)21(26)24-17-5-1-2-6-18(17)25-11-3-4-12-25/h1-2,5-10,13H,3-4,11-12H2,(H,24,26). The van der Waals surface area contributed by atoms with E-state index in [2.05, 4.69) is 10.2 Å². The van der Waals surface area contributed by atoms with Crippen molar-refractivity contribution < 1.29 is 9.21 Å². The summed E-state index contributed by atoms with van der Waals surface area (Å²) in [6.07, 6.45) is 2.34. The van der Waals surface area contributed by atoms with E-state index >= 15 is 0 Å². The first kappa shape index (κ1) is 18.0. The number of benzene rings is 2. The van der Waals surface area contributed by atoms with Gasteiger partial charge in [-0.25, -0.2) is 0 Å². The van der Waals surface area contributed by atoms with Crippen LogP contribution in [0.1, 0.15) is 23.4 Å². The van der Waals surface area contributed by atoms with Crippen molar-refractivity contribution in [2.24, 2.45) is 0 Å². The van der Waals surface area contributed by atoms with Crippen LogP contribution in [-0.2, 0) is 0 Å². The van der Waals surface area contributed by atoms with E-state index in [0.29, 0.717) is 21.4 Å². The summed E-state index contributed by atoms with van der Waals surface area (Å²) in [5.74, 6) is 0.420. The number of carbonyl (C=O) groups is 1. The molecule has 0 bridgehead atoms. The van der Waals surface area contributed by atoms with Crippen molar-refractivity contribution in [1.82, 2.24) is 0 Å². The maximum absolute atomic E-state index is 12.7. The SMILES string of the molecule is O=C(Nc1ccccc1N1CCCC1)c1ccc(-c2cc(Cl)ccc2Cl)o1. The van der Waals surface area contributed by atoms with Gasteiger partial charge in [0.15, 0.2) is 5.76 Å². The van der Waals surface area contributed by atoms with E-state index in [0.717, 1.165) is 24.5 Å². The largest absolute Gasteiger partial charge is 0.451 e. The van der Waals surface area contributed by atoms with Crippen LogP contribution in [0.2, 0.25) is 10.0 Å². The summed E-state index contributed by atoms with van der Waals surface area (Å²) in [5, 5.41) is 4.03. The number of halogens is 2. The molecule has 4 nitrogen and oxygen atoms in total. The monoisotopic (exact) mass is 400 g/mol. The number of anilines is 2. The molecule has 0 aliphatic carbocycles. The Balaban J connectivity index is 1.57. The second-order valence-electron chi connectivity index (χ2n) is 6.45. The Bertz CT molecular complexity index is 978. The number of carbonyl (C=O) groups excluding carboxylic acids is 1. The van der Waals surface area contributed by atoms with Crippen LogP contribution < -0.4 is 10.2 Å². The minimum Gasteiger partial charge on any atom is -0.451 e. The average molecular weight is 401 g/mol. The van der Waals surface area contributed by atoms with Crippen molar-refractivity contribution >= 4 is 40.5 Å². The molecular weight excluding hydrogens is 383 g/mol. The number of nitrogens with one attached hydrogen (secondary N) is 1. The number of para-hydroxylation sites is 2. The number of nitrogens with zero attached hydrogens (tertiary/aromatic N) is 1. The molecule has 1 aromatic heterocycles. The Morgan fingerprint density at radius 3 is 2.59 bits per heavy atom. The maximum atomic E-state index is 12.7. The Morgan fingerprint density at radius 1 is 1.00 bits per heavy atom. The fourth-order valence-electron chi connectivity index (χ4n) is 3.29. The lowest BCUT2D eigenvalue weighted by Gasteiger charge is -2.21. The lowest BCUT2D eigenvalue weighted by Crippen LogP contribution is -2.20. The van der Waals surface area contributed by atoms with Gasteiger partial charge in [0.1, 0.15) is 5.76 Å². The van der Waals surface area contributed by atoms with Gasteiger partial charge in [0.05, 0.1) is 16.4 Å². The molecule has 1 aliphatic rings. The third-order valence-electron chi connectivity index (χ3n) is 4.62. The van der Waals surface area contributed by atoms with Crippen LogP contribution in [0.25, 0.3) is 11.3 Å². The molecule has 0 atom stereocenters. The molecule has 27 heavy (non-hydrogen) atoms. The molecule has 0 unspecified atom stereocenters. The summed E-state index contributed by atoms with van der Waals surface area (Å²) in [4.78, 5) is 15.0. The lowest BCUT2D eigenvalue weighted by molar-refractivity contribution is 0.0997. The maximum Gasteiger partial charge on any atom is 0.291 e. The molecule has 2 heterocycles. The highest BCUT2D eigenvalue weighted by Crippen LogP contribution is 2.33. The molecule has 6 heteroatoms. The minimum atomic E-state index is -0.300. The second-order valence-corrected chi connectivity index (χ2v) is 7.30. The zero-order chi connectivity index (χ0) is 18.8. The first-order valence-electron chi connectivity index (χ1n) is 8.82. The van der Waals surface area contributed by atoms with Gasteiger partial charge in [-0.05, 0) is 55.3 Å². The number of rotatable bonds is 4. The van der Waals surface area contributed by atoms with Crippen LogP contribution in [0, 0.1) is 0 Å². The van der Waals surface area contributed by atoms with Crippen molar-refractivity contribution in [3.8, 4) is 11.3 Å². The molecule has 2 aromatic carbocycles. The normalized spacial score (nSPS) is 13.8. The Hall–Kier alpha value is -2.43. The van der Waals surface area contributed by atoms with Gasteiger partial charge in [-0.15, -0.1) is 0 Å². The molecule has 3 aromatic rings. The zero-order valence-corrected chi connectivity index (χ0v) is 16.1. The van der Waals surface area contributed by atoms with Crippen LogP contribution in [0.4, 0.5) is 11.4 Å². The predicted molar refractivity (Wildman–Crippen MR) is 110 cm³/mol. The molecule has 1 amide bonds. The third kappa shape index (κ3) is 3.82. The molecule has 1 aliphatic heterocycles. The van der Waals surface area contributed by atoms with Gasteiger partial charge in [-0.3, -0.25) is 4.79 Å². The van der Waals surface area contributed by atoms with Gasteiger partial charge in [0.2, 0.25) is 0 Å². The van der Waals surface area contributed by atoms with Crippen LogP contribution in [0.3, 0.4) is 0 Å². The molecule has 1 saturated heterocycles. The van der Waals surface area contributed by atoms with Crippen molar-refractivity contribution in [1.29, 1.82) is 0 Å². The van der Waals surface area contributed by atoms with Crippen molar-refractivity contribution in [3.63, 3.8) is 0 Å². The molecule has 0 saturated carbocycles. The number of hydrogen-bond donors (Lipinski definition) is 1. The van der Waals surface area contributed by atoms with Crippen molar-refractivity contribution in [3.05, 3.63) is 70.4 Å². The summed E-state index contributed by atoms with van der Waals surface area (Å²) in [6, 6.07) is 16.3. The van der Waals surface area contributed by atoms with Crippen LogP contribution in [0.15, 0.2) is 59.0 Å². The first-order chi connectivity index (χ1) is 13.1. The van der Waals surface area contributed by atoms with E-state index < -0.39 is 0 Å². The van der Waals surface area contributed by atoms with E-state index in [4.69, 9.17) is 27.6 Å². The minimum absolute atomic E-state index is 0.220. The molecule has 138 valence electrons. The Kier molecular flexibility index (Phi) is 5.10. The zero-order valence-electron chi connectivity index (χ0n) is 14.5. The summed E-state index contributed by atoms with van der Waals surface area (Å²) in [5.41, 5.74) is 2.47. The van der Waals surface area contributed by atoms with Crippen LogP contribution >= 0.6 is 23.2 Å². The smallest absolute Gasteiger partial charge is 0.291 e. The summed E-state index contributed by atoms with van der Waals surface area (Å²) in [7, 11) is 0. The molecule has 0 radical (unpaired) electrons. The number of furan rings is 1. The lowest BCUT2D eigenvalue weighted by atomic mass is 10.2. The highest BCUT2D eigenvalue weighted by atomic mass is 35.5. The molecule has 4 rings (SSSR count). The highest BCUT2D eigenvalue weighted by molar-refractivity contribution is 6.35. The van der Waals surface area contributed by atoms with E-state index in [1.807, 2.05) is 24.3 Å². The van der Waals surface area contributed by atoms with Crippen LogP contribution in [-0.4, -0.2) is 19.0 Å². The highest BCUT2D eigenvalue weighted by Gasteiger charge is 2.19. The van der Waals surface area contributed by atoms with Gasteiger partial charge >= 0.3 is 0 Å². The van der Waals surface area contributed by atoms with Crippen molar-refractivity contribution in [2.45, 2.75) is 12.8 Å². The first-order valence-corrected chi connectivity index (χ1v) is 9.58. The Morgan fingerprint density at radius 2 is 1.78 bits per heavy atom. The van der Waals surface area contributed by atoms with Gasteiger partial charge in [-0.2, -0.15) is 0 Å². The second kappa shape index (κ2) is 7.67. The molecule has 1 N–H and O–H groups in total. The summed E-state index contributed by atoms with van der Waals surface area (Å²) >= 11 is 12.3. The fraction of sp³-hybridized carbons (Fsp3) is 0.190. The van der Waals surface area contributed by atoms with E-state index in [-0.39, 0.29) is 11.7 Å². The van der Waals surface area contributed by atoms with Gasteiger partial charge < -0.3 is 14.6 Å². The van der Waals surface area contributed by atoms with Gasteiger partial charge in [0, 0.05) is 23.7 Å².